The Balaban J connectivity index is 3.41. The minimum absolute atomic E-state index is 0.116. The molecule has 0 aliphatic heterocycles. The van der Waals surface area contributed by atoms with E-state index in [4.69, 9.17) is 4.98 Å². The fourth-order valence-electron chi connectivity index (χ4n) is 2.34. The standard InChI is InChI=1S/C13H24N2/c1-9-11(12(3,4)5)14-10(2)15(9)13(6,7)8/h1-8H3. The summed E-state index contributed by atoms with van der Waals surface area (Å²) in [5.74, 6) is 1.12. The van der Waals surface area contributed by atoms with E-state index < -0.39 is 0 Å². The van der Waals surface area contributed by atoms with Gasteiger partial charge in [0.15, 0.2) is 0 Å². The molecule has 86 valence electrons. The van der Waals surface area contributed by atoms with Crippen molar-refractivity contribution in [1.82, 2.24) is 9.55 Å². The lowest BCUT2D eigenvalue weighted by Gasteiger charge is -2.25. The predicted octanol–water partition coefficient (Wildman–Crippen LogP) is 3.55. The predicted molar refractivity (Wildman–Crippen MR) is 65.4 cm³/mol. The molecule has 1 aromatic heterocycles. The first kappa shape index (κ1) is 12.3. The molecular weight excluding hydrogens is 184 g/mol. The first-order valence-corrected chi connectivity index (χ1v) is 5.62. The molecule has 0 aliphatic rings. The number of hydrogen-bond donors (Lipinski definition) is 0. The van der Waals surface area contributed by atoms with Gasteiger partial charge in [0.2, 0.25) is 0 Å². The minimum Gasteiger partial charge on any atom is -0.327 e. The first-order valence-electron chi connectivity index (χ1n) is 5.62. The van der Waals surface area contributed by atoms with Gasteiger partial charge in [-0.2, -0.15) is 0 Å². The van der Waals surface area contributed by atoms with E-state index in [0.29, 0.717) is 0 Å². The Kier molecular flexibility index (Phi) is 2.75. The van der Waals surface area contributed by atoms with Gasteiger partial charge in [0.25, 0.3) is 0 Å². The zero-order valence-corrected chi connectivity index (χ0v) is 11.4. The lowest BCUT2D eigenvalue weighted by molar-refractivity contribution is 0.379. The van der Waals surface area contributed by atoms with Crippen LogP contribution in [0.5, 0.6) is 0 Å². The number of nitrogens with zero attached hydrogens (tertiary/aromatic N) is 2. The summed E-state index contributed by atoms with van der Waals surface area (Å²) in [7, 11) is 0. The Morgan fingerprint density at radius 2 is 1.40 bits per heavy atom. The van der Waals surface area contributed by atoms with E-state index >= 15 is 0 Å². The molecule has 2 nitrogen and oxygen atoms in total. The fourth-order valence-corrected chi connectivity index (χ4v) is 2.34. The van der Waals surface area contributed by atoms with E-state index in [1.807, 2.05) is 0 Å². The van der Waals surface area contributed by atoms with Gasteiger partial charge in [0.05, 0.1) is 5.69 Å². The molecule has 0 saturated carbocycles. The summed E-state index contributed by atoms with van der Waals surface area (Å²) in [5.41, 5.74) is 2.76. The molecule has 1 rings (SSSR count). The zero-order valence-electron chi connectivity index (χ0n) is 11.4. The summed E-state index contributed by atoms with van der Waals surface area (Å²) in [6, 6.07) is 0. The van der Waals surface area contributed by atoms with Gasteiger partial charge in [0, 0.05) is 16.6 Å². The maximum Gasteiger partial charge on any atom is 0.106 e. The summed E-state index contributed by atoms with van der Waals surface area (Å²) < 4.78 is 2.33. The average Bonchev–Trinajstić information content (AvgIpc) is 2.22. The second-order valence-electron chi connectivity index (χ2n) is 6.35. The van der Waals surface area contributed by atoms with E-state index in [1.165, 1.54) is 11.4 Å². The number of aryl methyl sites for hydroxylation is 1. The van der Waals surface area contributed by atoms with Crippen LogP contribution in [-0.4, -0.2) is 9.55 Å². The van der Waals surface area contributed by atoms with Crippen molar-refractivity contribution in [3.63, 3.8) is 0 Å². The Morgan fingerprint density at radius 3 is 1.60 bits per heavy atom. The minimum atomic E-state index is 0.116. The molecule has 0 N–H and O–H groups in total. The van der Waals surface area contributed by atoms with Crippen molar-refractivity contribution in [1.29, 1.82) is 0 Å². The van der Waals surface area contributed by atoms with E-state index in [0.717, 1.165) is 5.82 Å². The molecule has 0 radical (unpaired) electrons. The number of imidazole rings is 1. The Bertz CT molecular complexity index is 359. The third-order valence-electron chi connectivity index (χ3n) is 2.66. The van der Waals surface area contributed by atoms with E-state index in [-0.39, 0.29) is 11.0 Å². The fraction of sp³-hybridized carbons (Fsp3) is 0.769. The van der Waals surface area contributed by atoms with Gasteiger partial charge >= 0.3 is 0 Å². The maximum atomic E-state index is 4.71. The van der Waals surface area contributed by atoms with Crippen LogP contribution in [0.25, 0.3) is 0 Å². The highest BCUT2D eigenvalue weighted by Gasteiger charge is 2.26. The summed E-state index contributed by atoms with van der Waals surface area (Å²) in [6.45, 7) is 17.6. The van der Waals surface area contributed by atoms with Crippen molar-refractivity contribution in [2.45, 2.75) is 66.3 Å². The van der Waals surface area contributed by atoms with Crippen molar-refractivity contribution < 1.29 is 0 Å². The molecule has 2 heteroatoms. The number of rotatable bonds is 0. The molecule has 1 heterocycles. The molecule has 0 amide bonds. The van der Waals surface area contributed by atoms with E-state index in [1.54, 1.807) is 0 Å². The smallest absolute Gasteiger partial charge is 0.106 e. The van der Waals surface area contributed by atoms with Crippen molar-refractivity contribution >= 4 is 0 Å². The second kappa shape index (κ2) is 3.36. The van der Waals surface area contributed by atoms with Crippen LogP contribution in [0.4, 0.5) is 0 Å². The van der Waals surface area contributed by atoms with Gasteiger partial charge < -0.3 is 4.57 Å². The van der Waals surface area contributed by atoms with Crippen LogP contribution in [0.2, 0.25) is 0 Å². The molecule has 0 fully saturated rings. The quantitative estimate of drug-likeness (QED) is 0.637. The molecule has 0 aliphatic carbocycles. The van der Waals surface area contributed by atoms with Crippen LogP contribution >= 0.6 is 0 Å². The molecule has 0 saturated heterocycles. The lowest BCUT2D eigenvalue weighted by Crippen LogP contribution is -2.25. The number of hydrogen-bond acceptors (Lipinski definition) is 1. The highest BCUT2D eigenvalue weighted by molar-refractivity contribution is 5.24. The van der Waals surface area contributed by atoms with Crippen molar-refractivity contribution in [3.8, 4) is 0 Å². The second-order valence-corrected chi connectivity index (χ2v) is 6.35. The van der Waals surface area contributed by atoms with Gasteiger partial charge in [-0.25, -0.2) is 4.98 Å². The Morgan fingerprint density at radius 1 is 0.933 bits per heavy atom. The lowest BCUT2D eigenvalue weighted by atomic mass is 9.91. The largest absolute Gasteiger partial charge is 0.327 e. The molecule has 15 heavy (non-hydrogen) atoms. The summed E-state index contributed by atoms with van der Waals surface area (Å²) >= 11 is 0. The van der Waals surface area contributed by atoms with Crippen molar-refractivity contribution in [2.24, 2.45) is 0 Å². The topological polar surface area (TPSA) is 17.8 Å². The average molecular weight is 208 g/mol. The van der Waals surface area contributed by atoms with Gasteiger partial charge in [0.1, 0.15) is 5.82 Å². The van der Waals surface area contributed by atoms with Gasteiger partial charge in [-0.1, -0.05) is 20.8 Å². The van der Waals surface area contributed by atoms with E-state index in [2.05, 4.69) is 60.0 Å². The molecule has 0 aromatic carbocycles. The third kappa shape index (κ3) is 2.24. The third-order valence-corrected chi connectivity index (χ3v) is 2.66. The van der Waals surface area contributed by atoms with Gasteiger partial charge in [-0.05, 0) is 34.6 Å². The molecule has 0 unspecified atom stereocenters. The normalized spacial score (nSPS) is 13.3. The molecule has 0 spiro atoms. The molecular formula is C13H24N2. The van der Waals surface area contributed by atoms with E-state index in [9.17, 15) is 0 Å². The summed E-state index contributed by atoms with van der Waals surface area (Å²) in [6.07, 6.45) is 0. The summed E-state index contributed by atoms with van der Waals surface area (Å²) in [5, 5.41) is 0. The Hall–Kier alpha value is -0.790. The van der Waals surface area contributed by atoms with Crippen molar-refractivity contribution in [2.75, 3.05) is 0 Å². The van der Waals surface area contributed by atoms with Gasteiger partial charge in [-0.15, -0.1) is 0 Å². The molecule has 0 bridgehead atoms. The van der Waals surface area contributed by atoms with Crippen LogP contribution in [0.15, 0.2) is 0 Å². The Labute approximate surface area is 93.7 Å². The first-order chi connectivity index (χ1) is 6.55. The van der Waals surface area contributed by atoms with Crippen molar-refractivity contribution in [3.05, 3.63) is 17.2 Å². The van der Waals surface area contributed by atoms with Gasteiger partial charge in [-0.3, -0.25) is 0 Å². The van der Waals surface area contributed by atoms with Crippen LogP contribution in [0.1, 0.15) is 58.8 Å². The van der Waals surface area contributed by atoms with Crippen LogP contribution in [-0.2, 0) is 11.0 Å². The summed E-state index contributed by atoms with van der Waals surface area (Å²) in [4.78, 5) is 4.71. The van der Waals surface area contributed by atoms with Crippen LogP contribution in [0.3, 0.4) is 0 Å². The highest BCUT2D eigenvalue weighted by Crippen LogP contribution is 2.29. The number of aromatic nitrogens is 2. The monoisotopic (exact) mass is 208 g/mol. The highest BCUT2D eigenvalue weighted by atomic mass is 15.1. The molecule has 1 aromatic rings. The van der Waals surface area contributed by atoms with Crippen LogP contribution in [0, 0.1) is 13.8 Å². The van der Waals surface area contributed by atoms with Crippen LogP contribution < -0.4 is 0 Å². The zero-order chi connectivity index (χ0) is 12.0. The SMILES string of the molecule is Cc1nc(C(C)(C)C)c(C)n1C(C)(C)C. The maximum absolute atomic E-state index is 4.71. The molecule has 0 atom stereocenters.